The third kappa shape index (κ3) is 1.69. The molecule has 0 unspecified atom stereocenters. The summed E-state index contributed by atoms with van der Waals surface area (Å²) in [5.74, 6) is 0. The summed E-state index contributed by atoms with van der Waals surface area (Å²) in [5.41, 5.74) is 0. The summed E-state index contributed by atoms with van der Waals surface area (Å²) in [4.78, 5) is 0. The summed E-state index contributed by atoms with van der Waals surface area (Å²) in [6.07, 6.45) is 11.9. The van der Waals surface area contributed by atoms with Crippen molar-refractivity contribution in [2.75, 3.05) is 0 Å². The van der Waals surface area contributed by atoms with Crippen molar-refractivity contribution in [3.8, 4) is 0 Å². The Kier molecular flexibility index (Phi) is 2.14. The maximum atomic E-state index is 2.20. The normalized spacial score (nSPS) is 16.9. The average Bonchev–Trinajstić information content (AvgIpc) is 1.94. The van der Waals surface area contributed by atoms with E-state index < -0.39 is 0 Å². The molecule has 0 bridgehead atoms. The highest BCUT2D eigenvalue weighted by atomic mass is 127. The van der Waals surface area contributed by atoms with Crippen LogP contribution in [-0.2, 0) is 0 Å². The number of halogens is 1. The van der Waals surface area contributed by atoms with Crippen LogP contribution < -0.4 is 0 Å². The minimum absolute atomic E-state index is 1.97. The van der Waals surface area contributed by atoms with Crippen LogP contribution in [0, 0.1) is 0 Å². The van der Waals surface area contributed by atoms with Crippen LogP contribution in [0.4, 0.5) is 0 Å². The first-order chi connectivity index (χ1) is 3.89. The van der Waals surface area contributed by atoms with Gasteiger partial charge in [-0.25, -0.2) is 0 Å². The molecule has 0 saturated heterocycles. The first kappa shape index (κ1) is 5.88. The first-order valence-corrected chi connectivity index (χ1v) is 3.32. The number of hydrogen-bond donors (Lipinski definition) is 0. The van der Waals surface area contributed by atoms with Gasteiger partial charge in [-0.3, -0.25) is 3.11 Å². The zero-order valence-electron chi connectivity index (χ0n) is 4.29. The summed E-state index contributed by atoms with van der Waals surface area (Å²) in [7, 11) is 0. The van der Waals surface area contributed by atoms with Gasteiger partial charge in [0.15, 0.2) is 0 Å². The zero-order valence-corrected chi connectivity index (χ0v) is 6.45. The Labute approximate surface area is 62.9 Å². The fourth-order valence-corrected chi connectivity index (χ4v) is 0.813. The van der Waals surface area contributed by atoms with Crippen LogP contribution in [0.5, 0.6) is 0 Å². The predicted octanol–water partition coefficient (Wildman–Crippen LogP) is 2.24. The molecule has 1 heterocycles. The Morgan fingerprint density at radius 1 is 0.875 bits per heavy atom. The van der Waals surface area contributed by atoms with Crippen molar-refractivity contribution in [3.05, 3.63) is 36.7 Å². The predicted molar refractivity (Wildman–Crippen MR) is 43.3 cm³/mol. The lowest BCUT2D eigenvalue weighted by Crippen LogP contribution is -1.85. The quantitative estimate of drug-likeness (QED) is 0.446. The van der Waals surface area contributed by atoms with Crippen LogP contribution in [-0.4, -0.2) is 3.11 Å². The van der Waals surface area contributed by atoms with Crippen molar-refractivity contribution in [1.82, 2.24) is 3.11 Å². The minimum Gasteiger partial charge on any atom is -0.297 e. The maximum Gasteiger partial charge on any atom is 0.0634 e. The maximum absolute atomic E-state index is 2.20. The lowest BCUT2D eigenvalue weighted by atomic mass is 10.5. The molecule has 1 aliphatic heterocycles. The lowest BCUT2D eigenvalue weighted by molar-refractivity contribution is 0.921. The van der Waals surface area contributed by atoms with Crippen molar-refractivity contribution in [2.24, 2.45) is 0 Å². The molecule has 0 aliphatic carbocycles. The van der Waals surface area contributed by atoms with Crippen molar-refractivity contribution in [1.29, 1.82) is 0 Å². The third-order valence-electron chi connectivity index (χ3n) is 0.790. The number of allylic oxidation sites excluding steroid dienone is 4. The molecule has 42 valence electrons. The largest absolute Gasteiger partial charge is 0.297 e. The first-order valence-electron chi connectivity index (χ1n) is 2.35. The molecular formula is C6H6IN. The molecule has 0 aromatic carbocycles. The van der Waals surface area contributed by atoms with Crippen LogP contribution in [0.2, 0.25) is 0 Å². The van der Waals surface area contributed by atoms with E-state index in [2.05, 4.69) is 22.9 Å². The minimum atomic E-state index is 1.97. The SMILES string of the molecule is IN1C=CC=CC=C1. The van der Waals surface area contributed by atoms with E-state index in [-0.39, 0.29) is 0 Å². The summed E-state index contributed by atoms with van der Waals surface area (Å²) in [6, 6.07) is 0. The van der Waals surface area contributed by atoms with Gasteiger partial charge in [-0.15, -0.1) is 0 Å². The molecule has 0 spiro atoms. The van der Waals surface area contributed by atoms with Crippen molar-refractivity contribution >= 4 is 22.9 Å². The monoisotopic (exact) mass is 219 g/mol. The van der Waals surface area contributed by atoms with Gasteiger partial charge in [0.1, 0.15) is 0 Å². The van der Waals surface area contributed by atoms with Gasteiger partial charge in [-0.05, 0) is 12.2 Å². The number of rotatable bonds is 0. The Bertz CT molecular complexity index is 131. The highest BCUT2D eigenvalue weighted by Gasteiger charge is 1.82. The molecule has 2 heteroatoms. The molecule has 0 aromatic heterocycles. The fraction of sp³-hybridized carbons (Fsp3) is 0. The van der Waals surface area contributed by atoms with Gasteiger partial charge in [0.05, 0.1) is 22.9 Å². The third-order valence-corrected chi connectivity index (χ3v) is 1.43. The van der Waals surface area contributed by atoms with E-state index >= 15 is 0 Å². The topological polar surface area (TPSA) is 3.24 Å². The molecule has 1 aliphatic rings. The molecule has 0 saturated carbocycles. The van der Waals surface area contributed by atoms with Crippen molar-refractivity contribution < 1.29 is 0 Å². The second kappa shape index (κ2) is 2.91. The molecule has 0 atom stereocenters. The Morgan fingerprint density at radius 3 is 1.88 bits per heavy atom. The standard InChI is InChI=1S/C6H6IN/c7-8-5-3-1-2-4-6-8/h1-6H. The van der Waals surface area contributed by atoms with Gasteiger partial charge < -0.3 is 0 Å². The lowest BCUT2D eigenvalue weighted by Gasteiger charge is -1.98. The summed E-state index contributed by atoms with van der Waals surface area (Å²) in [6.45, 7) is 0. The van der Waals surface area contributed by atoms with Gasteiger partial charge in [0.25, 0.3) is 0 Å². The molecule has 0 radical (unpaired) electrons. The highest BCUT2D eigenvalue weighted by Crippen LogP contribution is 2.03. The van der Waals surface area contributed by atoms with Gasteiger partial charge in [0, 0.05) is 12.4 Å². The van der Waals surface area contributed by atoms with Crippen LogP contribution >= 0.6 is 22.9 Å². The molecular weight excluding hydrogens is 213 g/mol. The van der Waals surface area contributed by atoms with Gasteiger partial charge >= 0.3 is 0 Å². The molecule has 8 heavy (non-hydrogen) atoms. The molecule has 0 amide bonds. The van der Waals surface area contributed by atoms with Crippen LogP contribution in [0.3, 0.4) is 0 Å². The van der Waals surface area contributed by atoms with E-state index in [9.17, 15) is 0 Å². The molecule has 1 rings (SSSR count). The number of hydrogen-bond acceptors (Lipinski definition) is 1. The second-order valence-corrected chi connectivity index (χ2v) is 2.53. The van der Waals surface area contributed by atoms with E-state index in [4.69, 9.17) is 0 Å². The van der Waals surface area contributed by atoms with Crippen molar-refractivity contribution in [2.45, 2.75) is 0 Å². The highest BCUT2D eigenvalue weighted by molar-refractivity contribution is 14.1. The van der Waals surface area contributed by atoms with Crippen molar-refractivity contribution in [3.63, 3.8) is 0 Å². The fourth-order valence-electron chi connectivity index (χ4n) is 0.442. The summed E-state index contributed by atoms with van der Waals surface area (Å²) in [5, 5.41) is 0. The van der Waals surface area contributed by atoms with E-state index in [1.807, 2.05) is 39.8 Å². The number of nitrogens with zero attached hydrogens (tertiary/aromatic N) is 1. The van der Waals surface area contributed by atoms with Gasteiger partial charge in [-0.1, -0.05) is 12.2 Å². The smallest absolute Gasteiger partial charge is 0.0634 e. The summed E-state index contributed by atoms with van der Waals surface area (Å²) >= 11 is 2.20. The van der Waals surface area contributed by atoms with Gasteiger partial charge in [-0.2, -0.15) is 0 Å². The Morgan fingerprint density at radius 2 is 1.38 bits per heavy atom. The average molecular weight is 219 g/mol. The van der Waals surface area contributed by atoms with E-state index in [1.165, 1.54) is 0 Å². The summed E-state index contributed by atoms with van der Waals surface area (Å²) < 4.78 is 1.97. The molecule has 0 N–H and O–H groups in total. The Balaban J connectivity index is 2.66. The van der Waals surface area contributed by atoms with E-state index in [0.29, 0.717) is 0 Å². The molecule has 0 fully saturated rings. The van der Waals surface area contributed by atoms with E-state index in [0.717, 1.165) is 0 Å². The van der Waals surface area contributed by atoms with Crippen LogP contribution in [0.15, 0.2) is 36.7 Å². The Hall–Kier alpha value is -0.250. The zero-order chi connectivity index (χ0) is 5.82. The van der Waals surface area contributed by atoms with Gasteiger partial charge in [0.2, 0.25) is 0 Å². The second-order valence-electron chi connectivity index (χ2n) is 1.41. The molecule has 1 nitrogen and oxygen atoms in total. The molecule has 0 aromatic rings. The van der Waals surface area contributed by atoms with Crippen LogP contribution in [0.1, 0.15) is 0 Å². The van der Waals surface area contributed by atoms with E-state index in [1.54, 1.807) is 0 Å². The van der Waals surface area contributed by atoms with Crippen LogP contribution in [0.25, 0.3) is 0 Å².